The minimum Gasteiger partial charge on any atom is -0.478 e. The van der Waals surface area contributed by atoms with Gasteiger partial charge in [0.05, 0.1) is 20.9 Å². The Balaban J connectivity index is 0.000000281. The molecular formula is C30H32B2F2N2O11S2. The first-order chi connectivity index (χ1) is 22.7. The van der Waals surface area contributed by atoms with Crippen molar-refractivity contribution >= 4 is 56.7 Å². The van der Waals surface area contributed by atoms with Gasteiger partial charge in [-0.05, 0) is 70.6 Å². The maximum Gasteiger partial charge on any atom is 0.488 e. The summed E-state index contributed by atoms with van der Waals surface area (Å²) in [6.07, 6.45) is 2.26. The molecule has 0 aromatic heterocycles. The van der Waals surface area contributed by atoms with E-state index < -0.39 is 63.0 Å². The highest BCUT2D eigenvalue weighted by atomic mass is 32.2. The molecule has 0 saturated carbocycles. The quantitative estimate of drug-likeness (QED) is 0.109. The Morgan fingerprint density at radius 2 is 1.12 bits per heavy atom. The van der Waals surface area contributed by atoms with E-state index in [1.54, 1.807) is 36.4 Å². The highest BCUT2D eigenvalue weighted by molar-refractivity contribution is 7.91. The number of rotatable bonds is 9. The number of halogens is 2. The van der Waals surface area contributed by atoms with Crippen molar-refractivity contribution in [2.75, 3.05) is 12.5 Å². The van der Waals surface area contributed by atoms with Crippen molar-refractivity contribution in [3.8, 4) is 0 Å². The molecule has 13 nitrogen and oxygen atoms in total. The molecule has 0 saturated heterocycles. The smallest absolute Gasteiger partial charge is 0.478 e. The van der Waals surface area contributed by atoms with Crippen LogP contribution in [0.2, 0.25) is 0 Å². The first-order valence-electron chi connectivity index (χ1n) is 13.8. The Morgan fingerprint density at radius 3 is 1.51 bits per heavy atom. The predicted octanol–water partition coefficient (Wildman–Crippen LogP) is -0.408. The van der Waals surface area contributed by atoms with Gasteiger partial charge in [0.2, 0.25) is 0 Å². The second kappa shape index (κ2) is 17.8. The number of carbonyl (C=O) groups excluding carboxylic acids is 1. The van der Waals surface area contributed by atoms with Crippen LogP contribution in [0.15, 0.2) is 94.7 Å². The highest BCUT2D eigenvalue weighted by Crippen LogP contribution is 2.13. The number of nitrogens with two attached hydrogens (primary N) is 1. The molecule has 0 heterocycles. The maximum atomic E-state index is 13.8. The van der Waals surface area contributed by atoms with Gasteiger partial charge in [0.1, 0.15) is 11.6 Å². The van der Waals surface area contributed by atoms with Gasteiger partial charge in [0, 0.05) is 25.6 Å². The molecule has 0 aliphatic rings. The lowest BCUT2D eigenvalue weighted by Crippen LogP contribution is -2.31. The fraction of sp³-hybridized carbons (Fsp3) is 0.133. The zero-order valence-corrected chi connectivity index (χ0v) is 27.6. The van der Waals surface area contributed by atoms with E-state index in [2.05, 4.69) is 5.32 Å². The van der Waals surface area contributed by atoms with Crippen LogP contribution in [-0.2, 0) is 32.8 Å². The molecule has 8 N–H and O–H groups in total. The normalized spacial score (nSPS) is 10.9. The first kappa shape index (κ1) is 40.7. The Labute approximate surface area is 281 Å². The number of amides is 1. The van der Waals surface area contributed by atoms with Crippen LogP contribution in [0.5, 0.6) is 0 Å². The second-order valence-electron chi connectivity index (χ2n) is 10.3. The molecule has 0 radical (unpaired) electrons. The van der Waals surface area contributed by atoms with Crippen LogP contribution in [0, 0.1) is 11.6 Å². The van der Waals surface area contributed by atoms with E-state index in [4.69, 9.17) is 30.9 Å². The first-order valence-corrected chi connectivity index (χ1v) is 17.6. The monoisotopic (exact) mass is 720 g/mol. The van der Waals surface area contributed by atoms with Crippen molar-refractivity contribution in [3.05, 3.63) is 119 Å². The second-order valence-corrected chi connectivity index (χ2v) is 14.3. The Morgan fingerprint density at radius 1 is 0.694 bits per heavy atom. The molecule has 0 aliphatic heterocycles. The molecule has 0 atom stereocenters. The summed E-state index contributed by atoms with van der Waals surface area (Å²) in [6, 6.07) is 18.8. The molecule has 4 rings (SSSR count). The number of carbonyl (C=O) groups is 2. The van der Waals surface area contributed by atoms with Gasteiger partial charge in [0.15, 0.2) is 19.7 Å². The fourth-order valence-electron chi connectivity index (χ4n) is 3.81. The number of sulfone groups is 2. The molecule has 0 fully saturated rings. The molecule has 49 heavy (non-hydrogen) atoms. The van der Waals surface area contributed by atoms with Gasteiger partial charge < -0.3 is 36.3 Å². The third-order valence-corrected chi connectivity index (χ3v) is 8.62. The molecule has 19 heteroatoms. The van der Waals surface area contributed by atoms with Gasteiger partial charge in [-0.15, -0.1) is 0 Å². The summed E-state index contributed by atoms with van der Waals surface area (Å²) < 4.78 is 71.8. The largest absolute Gasteiger partial charge is 0.488 e. The van der Waals surface area contributed by atoms with Crippen molar-refractivity contribution in [2.45, 2.75) is 22.9 Å². The van der Waals surface area contributed by atoms with Crippen LogP contribution in [0.4, 0.5) is 8.78 Å². The minimum absolute atomic E-state index is 0.0199. The Hall–Kier alpha value is -4.49. The number of nitrogens with one attached hydrogen (secondary N) is 1. The van der Waals surface area contributed by atoms with Gasteiger partial charge in [-0.25, -0.2) is 30.4 Å². The summed E-state index contributed by atoms with van der Waals surface area (Å²) in [6.45, 7) is 0.384. The van der Waals surface area contributed by atoms with Crippen LogP contribution in [-0.4, -0.2) is 80.7 Å². The van der Waals surface area contributed by atoms with Crippen molar-refractivity contribution < 1.29 is 60.4 Å². The molecule has 0 spiro atoms. The molecule has 260 valence electrons. The SMILES string of the molecule is CS(=O)(=O)c1cccc(CN)c1.CS(=O)(=O)c1cccc(CNC(=O)c2ccc(B(O)O)cc2F)c1.O=C(O)c1ccc(B(O)O)cc1F. The van der Waals surface area contributed by atoms with Gasteiger partial charge in [-0.3, -0.25) is 4.79 Å². The van der Waals surface area contributed by atoms with Gasteiger partial charge >= 0.3 is 20.2 Å². The molecule has 4 aromatic rings. The standard InChI is InChI=1S/C15H15BFNO5S.C8H11NO2S.C7H6BFO4/c1-24(22,23)12-4-2-3-10(7-12)9-18-15(19)13-6-5-11(16(20)21)8-14(13)17;1-12(10,11)8-4-2-3-7(5-8)6-9;9-6-3-4(8(12)13)1-2-5(6)7(10)11/h2-8,20-21H,9H2,1H3,(H,18,19);2-5H,6,9H2,1H3;1-3,12-13H,(H,10,11). The summed E-state index contributed by atoms with van der Waals surface area (Å²) in [4.78, 5) is 22.8. The van der Waals surface area contributed by atoms with Gasteiger partial charge in [0.25, 0.3) is 5.91 Å². The Bertz CT molecular complexity index is 2010. The average Bonchev–Trinajstić information content (AvgIpc) is 3.03. The summed E-state index contributed by atoms with van der Waals surface area (Å²) >= 11 is 0. The number of hydrogen-bond acceptors (Lipinski definition) is 11. The van der Waals surface area contributed by atoms with E-state index in [9.17, 15) is 35.2 Å². The molecule has 0 aliphatic carbocycles. The van der Waals surface area contributed by atoms with E-state index in [1.807, 2.05) is 0 Å². The number of carboxylic acids is 1. The lowest BCUT2D eigenvalue weighted by atomic mass is 9.80. The van der Waals surface area contributed by atoms with Crippen LogP contribution < -0.4 is 22.0 Å². The number of carboxylic acid groups (broad SMARTS) is 1. The van der Waals surface area contributed by atoms with Crippen LogP contribution in [0.25, 0.3) is 0 Å². The Kier molecular flexibility index (Phi) is 14.8. The molecule has 4 aromatic carbocycles. The summed E-state index contributed by atoms with van der Waals surface area (Å²) in [5.74, 6) is -3.96. The van der Waals surface area contributed by atoms with Gasteiger partial charge in [-0.1, -0.05) is 36.4 Å². The van der Waals surface area contributed by atoms with Crippen LogP contribution in [0.1, 0.15) is 31.8 Å². The minimum atomic E-state index is -3.36. The summed E-state index contributed by atoms with van der Waals surface area (Å²) in [5, 5.41) is 46.1. The third kappa shape index (κ3) is 12.8. The maximum absolute atomic E-state index is 13.8. The van der Waals surface area contributed by atoms with Crippen molar-refractivity contribution in [1.82, 2.24) is 5.32 Å². The highest BCUT2D eigenvalue weighted by Gasteiger charge is 2.18. The van der Waals surface area contributed by atoms with E-state index >= 15 is 0 Å². The van der Waals surface area contributed by atoms with Crippen molar-refractivity contribution in [3.63, 3.8) is 0 Å². The average molecular weight is 720 g/mol. The van der Waals surface area contributed by atoms with Crippen molar-refractivity contribution in [1.29, 1.82) is 0 Å². The number of benzene rings is 4. The lowest BCUT2D eigenvalue weighted by molar-refractivity contribution is 0.0691. The van der Waals surface area contributed by atoms with E-state index in [-0.39, 0.29) is 27.9 Å². The number of aromatic carboxylic acids is 1. The predicted molar refractivity (Wildman–Crippen MR) is 178 cm³/mol. The summed E-state index contributed by atoms with van der Waals surface area (Å²) in [5.41, 5.74) is 5.86. The van der Waals surface area contributed by atoms with E-state index in [1.165, 1.54) is 24.5 Å². The number of hydrogen-bond donors (Lipinski definition) is 7. The van der Waals surface area contributed by atoms with Crippen LogP contribution >= 0.6 is 0 Å². The fourth-order valence-corrected chi connectivity index (χ4v) is 5.19. The third-order valence-electron chi connectivity index (χ3n) is 6.40. The topological polar surface area (TPSA) is 242 Å². The zero-order chi connectivity index (χ0) is 37.1. The van der Waals surface area contributed by atoms with Gasteiger partial charge in [-0.2, -0.15) is 0 Å². The van der Waals surface area contributed by atoms with E-state index in [0.717, 1.165) is 42.2 Å². The van der Waals surface area contributed by atoms with Crippen molar-refractivity contribution in [2.24, 2.45) is 5.73 Å². The molecular weight excluding hydrogens is 688 g/mol. The molecule has 0 bridgehead atoms. The molecule has 0 unspecified atom stereocenters. The summed E-state index contributed by atoms with van der Waals surface area (Å²) in [7, 11) is -10.1. The van der Waals surface area contributed by atoms with E-state index in [0.29, 0.717) is 17.0 Å². The molecule has 1 amide bonds. The zero-order valence-electron chi connectivity index (χ0n) is 26.0. The lowest BCUT2D eigenvalue weighted by Gasteiger charge is -2.08. The van der Waals surface area contributed by atoms with Crippen LogP contribution in [0.3, 0.4) is 0 Å².